The third-order valence-electron chi connectivity index (χ3n) is 2.37. The Balaban J connectivity index is 2.33. The van der Waals surface area contributed by atoms with Gasteiger partial charge in [-0.2, -0.15) is 4.98 Å². The number of aryl methyl sites for hydroxylation is 1. The molecule has 1 unspecified atom stereocenters. The minimum Gasteiger partial charge on any atom is -0.394 e. The van der Waals surface area contributed by atoms with Gasteiger partial charge in [-0.3, -0.25) is 0 Å². The first-order valence-corrected chi connectivity index (χ1v) is 5.46. The molecule has 6 heteroatoms. The molecular formula is C11H12ClN3O2. The SMILES string of the molecule is Cc1cc(-c2nc(C(N)CO)no2)ccc1Cl. The number of nitrogens with zero attached hydrogens (tertiary/aromatic N) is 2. The molecule has 2 aromatic rings. The van der Waals surface area contributed by atoms with E-state index in [1.54, 1.807) is 12.1 Å². The number of benzene rings is 1. The van der Waals surface area contributed by atoms with Crippen LogP contribution in [0.4, 0.5) is 0 Å². The van der Waals surface area contributed by atoms with Crippen LogP contribution in [-0.4, -0.2) is 21.9 Å². The van der Waals surface area contributed by atoms with Crippen molar-refractivity contribution in [2.45, 2.75) is 13.0 Å². The summed E-state index contributed by atoms with van der Waals surface area (Å²) in [7, 11) is 0. The van der Waals surface area contributed by atoms with Crippen LogP contribution in [0.25, 0.3) is 11.5 Å². The van der Waals surface area contributed by atoms with Gasteiger partial charge in [-0.1, -0.05) is 16.8 Å². The molecule has 90 valence electrons. The molecule has 0 spiro atoms. The largest absolute Gasteiger partial charge is 0.394 e. The van der Waals surface area contributed by atoms with Crippen molar-refractivity contribution in [1.82, 2.24) is 10.1 Å². The number of hydrogen-bond acceptors (Lipinski definition) is 5. The lowest BCUT2D eigenvalue weighted by Gasteiger charge is -2.00. The Kier molecular flexibility index (Phi) is 3.42. The Labute approximate surface area is 103 Å². The Morgan fingerprint density at radius 3 is 2.94 bits per heavy atom. The van der Waals surface area contributed by atoms with Crippen LogP contribution in [0.2, 0.25) is 5.02 Å². The highest BCUT2D eigenvalue weighted by atomic mass is 35.5. The summed E-state index contributed by atoms with van der Waals surface area (Å²) in [5.74, 6) is 0.652. The van der Waals surface area contributed by atoms with Crippen LogP contribution in [0.1, 0.15) is 17.4 Å². The molecule has 0 saturated heterocycles. The van der Waals surface area contributed by atoms with Gasteiger partial charge < -0.3 is 15.4 Å². The first-order valence-electron chi connectivity index (χ1n) is 5.08. The summed E-state index contributed by atoms with van der Waals surface area (Å²) in [6.45, 7) is 1.67. The molecule has 0 aliphatic carbocycles. The Bertz CT molecular complexity index is 527. The molecule has 0 aliphatic heterocycles. The normalized spacial score (nSPS) is 12.7. The van der Waals surface area contributed by atoms with E-state index in [4.69, 9.17) is 27.0 Å². The van der Waals surface area contributed by atoms with Crippen LogP contribution in [0.15, 0.2) is 22.7 Å². The monoisotopic (exact) mass is 253 g/mol. The molecule has 3 N–H and O–H groups in total. The van der Waals surface area contributed by atoms with Crippen molar-refractivity contribution in [3.05, 3.63) is 34.6 Å². The first kappa shape index (κ1) is 12.0. The Hall–Kier alpha value is -1.43. The van der Waals surface area contributed by atoms with E-state index in [0.717, 1.165) is 11.1 Å². The lowest BCUT2D eigenvalue weighted by atomic mass is 10.1. The van der Waals surface area contributed by atoms with Gasteiger partial charge in [-0.05, 0) is 30.7 Å². The Morgan fingerprint density at radius 2 is 2.29 bits per heavy atom. The summed E-state index contributed by atoms with van der Waals surface area (Å²) in [4.78, 5) is 4.12. The van der Waals surface area contributed by atoms with Gasteiger partial charge in [0.2, 0.25) is 0 Å². The summed E-state index contributed by atoms with van der Waals surface area (Å²) in [6.07, 6.45) is 0. The maximum atomic E-state index is 8.88. The van der Waals surface area contributed by atoms with Gasteiger partial charge in [0.15, 0.2) is 5.82 Å². The topological polar surface area (TPSA) is 85.2 Å². The van der Waals surface area contributed by atoms with E-state index in [1.165, 1.54) is 0 Å². The highest BCUT2D eigenvalue weighted by molar-refractivity contribution is 6.31. The van der Waals surface area contributed by atoms with E-state index in [2.05, 4.69) is 10.1 Å². The molecule has 0 radical (unpaired) electrons. The molecule has 17 heavy (non-hydrogen) atoms. The highest BCUT2D eigenvalue weighted by Crippen LogP contribution is 2.24. The van der Waals surface area contributed by atoms with E-state index in [-0.39, 0.29) is 12.4 Å². The summed E-state index contributed by atoms with van der Waals surface area (Å²) >= 11 is 5.93. The van der Waals surface area contributed by atoms with Gasteiger partial charge in [0.25, 0.3) is 5.89 Å². The third kappa shape index (κ3) is 2.46. The summed E-state index contributed by atoms with van der Waals surface area (Å²) in [5, 5.41) is 13.3. The molecule has 1 atom stereocenters. The number of aliphatic hydroxyl groups excluding tert-OH is 1. The van der Waals surface area contributed by atoms with E-state index in [9.17, 15) is 0 Å². The minimum atomic E-state index is -0.624. The molecule has 0 saturated carbocycles. The fraction of sp³-hybridized carbons (Fsp3) is 0.273. The second kappa shape index (κ2) is 4.83. The number of aromatic nitrogens is 2. The fourth-order valence-electron chi connectivity index (χ4n) is 1.36. The van der Waals surface area contributed by atoms with E-state index < -0.39 is 6.04 Å². The van der Waals surface area contributed by atoms with Crippen LogP contribution in [0.5, 0.6) is 0 Å². The molecule has 2 rings (SSSR count). The zero-order valence-corrected chi connectivity index (χ0v) is 9.98. The molecule has 1 aromatic heterocycles. The Morgan fingerprint density at radius 1 is 1.53 bits per heavy atom. The molecule has 0 fully saturated rings. The summed E-state index contributed by atoms with van der Waals surface area (Å²) in [5.41, 5.74) is 7.28. The van der Waals surface area contributed by atoms with Crippen LogP contribution in [0, 0.1) is 6.92 Å². The molecular weight excluding hydrogens is 242 g/mol. The average Bonchev–Trinajstić information content (AvgIpc) is 2.81. The van der Waals surface area contributed by atoms with Crippen molar-refractivity contribution in [2.75, 3.05) is 6.61 Å². The van der Waals surface area contributed by atoms with E-state index >= 15 is 0 Å². The maximum absolute atomic E-state index is 8.88. The number of nitrogens with two attached hydrogens (primary N) is 1. The zero-order chi connectivity index (χ0) is 12.4. The number of aliphatic hydroxyl groups is 1. The van der Waals surface area contributed by atoms with Crippen molar-refractivity contribution in [2.24, 2.45) is 5.73 Å². The molecule has 0 amide bonds. The second-order valence-corrected chi connectivity index (χ2v) is 4.12. The van der Waals surface area contributed by atoms with E-state index in [1.807, 2.05) is 13.0 Å². The lowest BCUT2D eigenvalue weighted by Crippen LogP contribution is -2.15. The maximum Gasteiger partial charge on any atom is 0.257 e. The number of hydrogen-bond donors (Lipinski definition) is 2. The van der Waals surface area contributed by atoms with Crippen molar-refractivity contribution in [3.8, 4) is 11.5 Å². The van der Waals surface area contributed by atoms with Gasteiger partial charge in [-0.15, -0.1) is 0 Å². The highest BCUT2D eigenvalue weighted by Gasteiger charge is 2.14. The first-order chi connectivity index (χ1) is 8.11. The summed E-state index contributed by atoms with van der Waals surface area (Å²) in [6, 6.07) is 4.78. The van der Waals surface area contributed by atoms with Crippen molar-refractivity contribution in [1.29, 1.82) is 0 Å². The van der Waals surface area contributed by atoms with Crippen molar-refractivity contribution >= 4 is 11.6 Å². The van der Waals surface area contributed by atoms with Crippen LogP contribution in [-0.2, 0) is 0 Å². The molecule has 5 nitrogen and oxygen atoms in total. The molecule has 0 bridgehead atoms. The third-order valence-corrected chi connectivity index (χ3v) is 2.80. The smallest absolute Gasteiger partial charge is 0.257 e. The quantitative estimate of drug-likeness (QED) is 0.869. The number of rotatable bonds is 3. The van der Waals surface area contributed by atoms with Crippen molar-refractivity contribution < 1.29 is 9.63 Å². The predicted octanol–water partition coefficient (Wildman–Crippen LogP) is 1.69. The van der Waals surface area contributed by atoms with Crippen LogP contribution < -0.4 is 5.73 Å². The zero-order valence-electron chi connectivity index (χ0n) is 9.22. The van der Waals surface area contributed by atoms with Crippen LogP contribution in [0.3, 0.4) is 0 Å². The van der Waals surface area contributed by atoms with E-state index in [0.29, 0.717) is 10.9 Å². The molecule has 0 aliphatic rings. The fourth-order valence-corrected chi connectivity index (χ4v) is 1.48. The van der Waals surface area contributed by atoms with Gasteiger partial charge in [-0.25, -0.2) is 0 Å². The number of halogens is 1. The predicted molar refractivity (Wildman–Crippen MR) is 63.5 cm³/mol. The van der Waals surface area contributed by atoms with Gasteiger partial charge in [0.1, 0.15) is 0 Å². The lowest BCUT2D eigenvalue weighted by molar-refractivity contribution is 0.260. The van der Waals surface area contributed by atoms with Crippen LogP contribution >= 0.6 is 11.6 Å². The molecule has 1 aromatic carbocycles. The van der Waals surface area contributed by atoms with Gasteiger partial charge in [0, 0.05) is 10.6 Å². The second-order valence-electron chi connectivity index (χ2n) is 3.71. The average molecular weight is 254 g/mol. The van der Waals surface area contributed by atoms with Crippen molar-refractivity contribution in [3.63, 3.8) is 0 Å². The van der Waals surface area contributed by atoms with Gasteiger partial charge in [0.05, 0.1) is 12.6 Å². The minimum absolute atomic E-state index is 0.224. The standard InChI is InChI=1S/C11H12ClN3O2/c1-6-4-7(2-3-8(6)12)11-14-10(15-17-11)9(13)5-16/h2-4,9,16H,5,13H2,1H3. The van der Waals surface area contributed by atoms with Gasteiger partial charge >= 0.3 is 0 Å². The summed E-state index contributed by atoms with van der Waals surface area (Å²) < 4.78 is 5.07. The molecule has 1 heterocycles.